The number of nitrogens with zero attached hydrogens (tertiary/aromatic N) is 3. The van der Waals surface area contributed by atoms with Gasteiger partial charge in [-0.2, -0.15) is 0 Å². The average Bonchev–Trinajstić information content (AvgIpc) is 3.43. The van der Waals surface area contributed by atoms with Crippen molar-refractivity contribution in [3.63, 3.8) is 0 Å². The lowest BCUT2D eigenvalue weighted by molar-refractivity contribution is 0.0482. The Bertz CT molecular complexity index is 2180. The van der Waals surface area contributed by atoms with E-state index in [0.29, 0.717) is 35.6 Å². The second kappa shape index (κ2) is 12.4. The summed E-state index contributed by atoms with van der Waals surface area (Å²) in [5.41, 5.74) is 6.28. The summed E-state index contributed by atoms with van der Waals surface area (Å²) in [6.45, 7) is 2.57. The van der Waals surface area contributed by atoms with E-state index in [1.54, 1.807) is 31.3 Å². The van der Waals surface area contributed by atoms with Crippen LogP contribution in [0.2, 0.25) is 0 Å². The highest BCUT2D eigenvalue weighted by Crippen LogP contribution is 2.41. The molecule has 0 atom stereocenters. The minimum absolute atomic E-state index is 0.0898. The second-order valence-electron chi connectivity index (χ2n) is 11.4. The highest BCUT2D eigenvalue weighted by atomic mass is 32.2. The smallest absolute Gasteiger partial charge is 0.338 e. The number of aromatic amines is 1. The zero-order chi connectivity index (χ0) is 32.6. The number of H-pyrrole nitrogens is 1. The maximum absolute atomic E-state index is 14.1. The van der Waals surface area contributed by atoms with Crippen LogP contribution in [-0.2, 0) is 14.8 Å². The van der Waals surface area contributed by atoms with Crippen molar-refractivity contribution in [1.29, 1.82) is 0 Å². The van der Waals surface area contributed by atoms with Crippen molar-refractivity contribution in [2.45, 2.75) is 11.8 Å². The minimum Gasteiger partial charge on any atom is -0.461 e. The first-order valence-corrected chi connectivity index (χ1v) is 16.2. The van der Waals surface area contributed by atoms with Gasteiger partial charge in [0.05, 0.1) is 16.1 Å². The van der Waals surface area contributed by atoms with Crippen molar-refractivity contribution in [3.8, 4) is 22.3 Å². The van der Waals surface area contributed by atoms with E-state index in [4.69, 9.17) is 9.72 Å². The quantitative estimate of drug-likeness (QED) is 0.171. The number of pyridine rings is 1. The van der Waals surface area contributed by atoms with Gasteiger partial charge in [-0.25, -0.2) is 22.6 Å². The molecule has 1 N–H and O–H groups in total. The fourth-order valence-electron chi connectivity index (χ4n) is 5.49. The van der Waals surface area contributed by atoms with Crippen molar-refractivity contribution in [3.05, 3.63) is 114 Å². The van der Waals surface area contributed by atoms with Crippen LogP contribution < -0.4 is 4.31 Å². The highest BCUT2D eigenvalue weighted by molar-refractivity contribution is 7.92. The number of hydrogen-bond donors (Lipinski definition) is 1. The topological polar surface area (TPSA) is 95.6 Å². The van der Waals surface area contributed by atoms with Gasteiger partial charge < -0.3 is 14.6 Å². The Labute approximate surface area is 267 Å². The Balaban J connectivity index is 1.47. The summed E-state index contributed by atoms with van der Waals surface area (Å²) in [6.07, 6.45) is 1.80. The number of sulfonamides is 1. The van der Waals surface area contributed by atoms with Crippen molar-refractivity contribution in [2.24, 2.45) is 0 Å². The molecule has 2 heterocycles. The Morgan fingerprint density at radius 3 is 2.37 bits per heavy atom. The molecule has 0 spiro atoms. The van der Waals surface area contributed by atoms with Gasteiger partial charge in [-0.1, -0.05) is 48.5 Å². The SMILES string of the molecule is Cc1ccc(F)cc1S(=O)(=O)N(C)c1ccc2[nH]c3ncc(-c4ccc(C(=O)OCCN(C)C)cc4)c(-c4ccccc4)c3c2c1. The number of rotatable bonds is 9. The minimum atomic E-state index is -4.06. The zero-order valence-corrected chi connectivity index (χ0v) is 26.7. The summed E-state index contributed by atoms with van der Waals surface area (Å²) < 4.78 is 47.9. The monoisotopic (exact) mass is 636 g/mol. The molecule has 0 radical (unpaired) electrons. The number of aryl methyl sites for hydroxylation is 1. The third-order valence-corrected chi connectivity index (χ3v) is 9.95. The molecule has 0 bridgehead atoms. The molecule has 10 heteroatoms. The van der Waals surface area contributed by atoms with Crippen LogP contribution in [0, 0.1) is 12.7 Å². The molecule has 0 saturated carbocycles. The van der Waals surface area contributed by atoms with Crippen LogP contribution in [0.3, 0.4) is 0 Å². The van der Waals surface area contributed by atoms with Crippen molar-refractivity contribution >= 4 is 43.6 Å². The van der Waals surface area contributed by atoms with Gasteiger partial charge in [-0.15, -0.1) is 0 Å². The van der Waals surface area contributed by atoms with Crippen LogP contribution in [0.5, 0.6) is 0 Å². The van der Waals surface area contributed by atoms with Crippen LogP contribution in [0.1, 0.15) is 15.9 Å². The van der Waals surface area contributed by atoms with Gasteiger partial charge in [0.1, 0.15) is 18.1 Å². The van der Waals surface area contributed by atoms with Gasteiger partial charge in [-0.3, -0.25) is 4.31 Å². The Hall–Kier alpha value is -5.06. The van der Waals surface area contributed by atoms with Crippen molar-refractivity contribution in [1.82, 2.24) is 14.9 Å². The number of ether oxygens (including phenoxy) is 1. The van der Waals surface area contributed by atoms with E-state index in [0.717, 1.165) is 44.6 Å². The van der Waals surface area contributed by atoms with Crippen LogP contribution in [-0.4, -0.2) is 63.5 Å². The Morgan fingerprint density at radius 2 is 1.65 bits per heavy atom. The fraction of sp³-hybridized carbons (Fsp3) is 0.167. The number of carbonyl (C=O) groups excluding carboxylic acids is 1. The fourth-order valence-corrected chi connectivity index (χ4v) is 6.91. The van der Waals surface area contributed by atoms with Gasteiger partial charge in [0.25, 0.3) is 10.0 Å². The molecular weight excluding hydrogens is 603 g/mol. The lowest BCUT2D eigenvalue weighted by Gasteiger charge is -2.21. The van der Waals surface area contributed by atoms with E-state index >= 15 is 0 Å². The molecule has 0 saturated heterocycles. The molecule has 6 rings (SSSR count). The Kier molecular flexibility index (Phi) is 8.33. The molecule has 0 aliphatic rings. The first-order chi connectivity index (χ1) is 22.0. The van der Waals surface area contributed by atoms with Gasteiger partial charge in [0.2, 0.25) is 0 Å². The van der Waals surface area contributed by atoms with Gasteiger partial charge in [0, 0.05) is 47.2 Å². The highest BCUT2D eigenvalue weighted by Gasteiger charge is 2.25. The van der Waals surface area contributed by atoms with E-state index in [-0.39, 0.29) is 10.9 Å². The first-order valence-electron chi connectivity index (χ1n) is 14.7. The van der Waals surface area contributed by atoms with E-state index in [2.05, 4.69) is 4.98 Å². The molecule has 46 heavy (non-hydrogen) atoms. The van der Waals surface area contributed by atoms with Gasteiger partial charge in [-0.05, 0) is 80.2 Å². The normalized spacial score (nSPS) is 11.8. The largest absolute Gasteiger partial charge is 0.461 e. The first kappa shape index (κ1) is 30.9. The molecule has 4 aromatic carbocycles. The second-order valence-corrected chi connectivity index (χ2v) is 13.3. The predicted octanol–water partition coefficient (Wildman–Crippen LogP) is 7.04. The number of likely N-dealkylation sites (N-methyl/N-ethyl adjacent to an activating group) is 1. The summed E-state index contributed by atoms with van der Waals surface area (Å²) in [5.74, 6) is -1.01. The third-order valence-electron chi connectivity index (χ3n) is 8.02. The number of fused-ring (bicyclic) bond motifs is 3. The zero-order valence-electron chi connectivity index (χ0n) is 25.9. The molecule has 0 amide bonds. The number of carbonyl (C=O) groups is 1. The molecule has 6 aromatic rings. The molecular formula is C36H33FN4O4S. The number of halogens is 1. The number of anilines is 1. The standard InChI is InChI=1S/C36H33FN4O4S/c1-23-10-15-27(37)20-32(23)46(43,44)41(4)28-16-17-31-29(21-28)34-33(25-8-6-5-7-9-25)30(22-38-35(34)39-31)24-11-13-26(14-12-24)36(42)45-19-18-40(2)3/h5-17,20-22H,18-19H2,1-4H3,(H,38,39). The summed E-state index contributed by atoms with van der Waals surface area (Å²) in [6, 6.07) is 26.2. The summed E-state index contributed by atoms with van der Waals surface area (Å²) in [5, 5.41) is 1.60. The van der Waals surface area contributed by atoms with E-state index in [9.17, 15) is 17.6 Å². The molecule has 234 valence electrons. The van der Waals surface area contributed by atoms with Crippen LogP contribution >= 0.6 is 0 Å². The van der Waals surface area contributed by atoms with Crippen LogP contribution in [0.25, 0.3) is 44.2 Å². The maximum atomic E-state index is 14.1. The number of nitrogens with one attached hydrogen (secondary N) is 1. The van der Waals surface area contributed by atoms with Crippen LogP contribution in [0.15, 0.2) is 102 Å². The summed E-state index contributed by atoms with van der Waals surface area (Å²) >= 11 is 0. The van der Waals surface area contributed by atoms with E-state index < -0.39 is 15.8 Å². The van der Waals surface area contributed by atoms with Crippen molar-refractivity contribution in [2.75, 3.05) is 38.6 Å². The molecule has 0 aliphatic heterocycles. The number of esters is 1. The summed E-state index contributed by atoms with van der Waals surface area (Å²) in [7, 11) is 1.24. The number of aromatic nitrogens is 2. The molecule has 8 nitrogen and oxygen atoms in total. The van der Waals surface area contributed by atoms with Gasteiger partial charge >= 0.3 is 5.97 Å². The lowest BCUT2D eigenvalue weighted by Crippen LogP contribution is -2.27. The molecule has 0 fully saturated rings. The average molecular weight is 637 g/mol. The summed E-state index contributed by atoms with van der Waals surface area (Å²) in [4.78, 5) is 22.6. The predicted molar refractivity (Wildman–Crippen MR) is 180 cm³/mol. The number of hydrogen-bond acceptors (Lipinski definition) is 6. The third kappa shape index (κ3) is 5.84. The Morgan fingerprint density at radius 1 is 0.913 bits per heavy atom. The van der Waals surface area contributed by atoms with E-state index in [1.807, 2.05) is 73.6 Å². The number of benzene rings is 4. The van der Waals surface area contributed by atoms with Crippen molar-refractivity contribution < 1.29 is 22.3 Å². The lowest BCUT2D eigenvalue weighted by atomic mass is 9.92. The molecule has 2 aromatic heterocycles. The van der Waals surface area contributed by atoms with E-state index in [1.165, 1.54) is 23.5 Å². The molecule has 0 aliphatic carbocycles. The maximum Gasteiger partial charge on any atom is 0.338 e. The van der Waals surface area contributed by atoms with Gasteiger partial charge in [0.15, 0.2) is 0 Å². The van der Waals surface area contributed by atoms with Crippen LogP contribution in [0.4, 0.5) is 10.1 Å². The molecule has 0 unspecified atom stereocenters.